The van der Waals surface area contributed by atoms with Crippen molar-refractivity contribution in [2.45, 2.75) is 26.3 Å². The van der Waals surface area contributed by atoms with E-state index in [1.807, 2.05) is 13.8 Å². The SMILES string of the molecule is CC(C)C[C@@H](Nc1cnc(C(N)=O)c(Nc2cncc(F)c2)n1)C(N)=O. The zero-order valence-electron chi connectivity index (χ0n) is 14.4. The number of carbonyl (C=O) groups is 2. The van der Waals surface area contributed by atoms with E-state index in [1.165, 1.54) is 18.5 Å². The maximum absolute atomic E-state index is 13.3. The summed E-state index contributed by atoms with van der Waals surface area (Å²) >= 11 is 0. The van der Waals surface area contributed by atoms with Gasteiger partial charge in [-0.1, -0.05) is 13.8 Å². The Bertz CT molecular complexity index is 813. The molecule has 0 saturated heterocycles. The molecule has 2 aromatic rings. The van der Waals surface area contributed by atoms with Crippen LogP contribution in [-0.2, 0) is 4.79 Å². The molecule has 0 aliphatic carbocycles. The predicted octanol–water partition coefficient (Wildman–Crippen LogP) is 1.17. The molecule has 0 radical (unpaired) electrons. The van der Waals surface area contributed by atoms with Gasteiger partial charge in [-0.15, -0.1) is 0 Å². The molecule has 0 aliphatic heterocycles. The van der Waals surface area contributed by atoms with Crippen LogP contribution in [0.5, 0.6) is 0 Å². The summed E-state index contributed by atoms with van der Waals surface area (Å²) < 4.78 is 13.3. The lowest BCUT2D eigenvalue weighted by molar-refractivity contribution is -0.119. The molecule has 1 atom stereocenters. The van der Waals surface area contributed by atoms with Crippen molar-refractivity contribution in [1.29, 1.82) is 0 Å². The largest absolute Gasteiger partial charge is 0.368 e. The molecule has 0 aromatic carbocycles. The normalized spacial score (nSPS) is 11.8. The molecule has 0 saturated carbocycles. The molecule has 2 heterocycles. The van der Waals surface area contributed by atoms with E-state index < -0.39 is 23.7 Å². The number of anilines is 3. The molecule has 138 valence electrons. The van der Waals surface area contributed by atoms with Gasteiger partial charge in [0.25, 0.3) is 5.91 Å². The molecule has 9 nitrogen and oxygen atoms in total. The van der Waals surface area contributed by atoms with Crippen LogP contribution in [-0.4, -0.2) is 32.8 Å². The van der Waals surface area contributed by atoms with E-state index in [1.54, 1.807) is 0 Å². The zero-order chi connectivity index (χ0) is 19.3. The standard InChI is InChI=1S/C16H20FN7O2/c1-8(2)3-11(14(18)25)23-12-7-21-13(15(19)26)16(24-12)22-10-4-9(17)5-20-6-10/h4-8,11H,3H2,1-2H3,(H2,18,25)(H2,19,26)(H2,22,23,24)/t11-/m1/s1. The fourth-order valence-corrected chi connectivity index (χ4v) is 2.24. The molecule has 0 fully saturated rings. The number of aromatic nitrogens is 3. The van der Waals surface area contributed by atoms with E-state index in [2.05, 4.69) is 25.6 Å². The van der Waals surface area contributed by atoms with Crippen LogP contribution in [0.1, 0.15) is 30.8 Å². The van der Waals surface area contributed by atoms with Crippen molar-refractivity contribution >= 4 is 29.1 Å². The Morgan fingerprint density at radius 1 is 1.23 bits per heavy atom. The summed E-state index contributed by atoms with van der Waals surface area (Å²) in [4.78, 5) is 35.0. The van der Waals surface area contributed by atoms with Crippen molar-refractivity contribution < 1.29 is 14.0 Å². The molecule has 2 rings (SSSR count). The highest BCUT2D eigenvalue weighted by molar-refractivity contribution is 5.96. The van der Waals surface area contributed by atoms with E-state index in [9.17, 15) is 14.0 Å². The Morgan fingerprint density at radius 2 is 1.96 bits per heavy atom. The average Bonchev–Trinajstić information content (AvgIpc) is 2.53. The maximum atomic E-state index is 13.3. The first-order valence-electron chi connectivity index (χ1n) is 7.86. The van der Waals surface area contributed by atoms with Crippen molar-refractivity contribution in [3.05, 3.63) is 36.2 Å². The molecule has 6 N–H and O–H groups in total. The Kier molecular flexibility index (Phi) is 5.99. The number of amides is 2. The predicted molar refractivity (Wildman–Crippen MR) is 94.1 cm³/mol. The van der Waals surface area contributed by atoms with Crippen LogP contribution < -0.4 is 22.1 Å². The molecule has 0 spiro atoms. The summed E-state index contributed by atoms with van der Waals surface area (Å²) in [7, 11) is 0. The number of nitrogens with zero attached hydrogens (tertiary/aromatic N) is 3. The van der Waals surface area contributed by atoms with Gasteiger partial charge in [0, 0.05) is 6.07 Å². The fraction of sp³-hybridized carbons (Fsp3) is 0.312. The molecular formula is C16H20FN7O2. The summed E-state index contributed by atoms with van der Waals surface area (Å²) in [6.07, 6.45) is 4.14. The van der Waals surface area contributed by atoms with Gasteiger partial charge in [0.05, 0.1) is 24.3 Å². The first-order valence-corrected chi connectivity index (χ1v) is 7.86. The lowest BCUT2D eigenvalue weighted by Gasteiger charge is -2.18. The Morgan fingerprint density at radius 3 is 2.54 bits per heavy atom. The third-order valence-electron chi connectivity index (χ3n) is 3.35. The van der Waals surface area contributed by atoms with Crippen LogP contribution in [0.4, 0.5) is 21.7 Å². The number of hydrogen-bond acceptors (Lipinski definition) is 7. The quantitative estimate of drug-likeness (QED) is 0.551. The number of halogens is 1. The zero-order valence-corrected chi connectivity index (χ0v) is 14.4. The average molecular weight is 361 g/mol. The highest BCUT2D eigenvalue weighted by Crippen LogP contribution is 2.20. The number of nitrogens with two attached hydrogens (primary N) is 2. The molecule has 10 heteroatoms. The second-order valence-corrected chi connectivity index (χ2v) is 6.06. The van der Waals surface area contributed by atoms with Gasteiger partial charge < -0.3 is 22.1 Å². The van der Waals surface area contributed by atoms with Gasteiger partial charge in [-0.3, -0.25) is 14.6 Å². The minimum absolute atomic E-state index is 0.00247. The minimum Gasteiger partial charge on any atom is -0.368 e. The number of carbonyl (C=O) groups excluding carboxylic acids is 2. The van der Waals surface area contributed by atoms with Crippen molar-refractivity contribution in [2.24, 2.45) is 17.4 Å². The second-order valence-electron chi connectivity index (χ2n) is 6.06. The molecule has 0 bridgehead atoms. The molecule has 2 amide bonds. The van der Waals surface area contributed by atoms with Gasteiger partial charge in [0.2, 0.25) is 5.91 Å². The maximum Gasteiger partial charge on any atom is 0.271 e. The minimum atomic E-state index is -0.815. The molecule has 2 aromatic heterocycles. The first kappa shape index (κ1) is 19.0. The van der Waals surface area contributed by atoms with Gasteiger partial charge in [-0.2, -0.15) is 0 Å². The van der Waals surface area contributed by atoms with Crippen LogP contribution >= 0.6 is 0 Å². The van der Waals surface area contributed by atoms with Gasteiger partial charge in [-0.05, 0) is 12.3 Å². The smallest absolute Gasteiger partial charge is 0.271 e. The van der Waals surface area contributed by atoms with Crippen LogP contribution in [0, 0.1) is 11.7 Å². The van der Waals surface area contributed by atoms with Crippen molar-refractivity contribution in [2.75, 3.05) is 10.6 Å². The number of pyridine rings is 1. The van der Waals surface area contributed by atoms with E-state index in [0.29, 0.717) is 6.42 Å². The second kappa shape index (κ2) is 8.19. The van der Waals surface area contributed by atoms with Crippen molar-refractivity contribution in [3.8, 4) is 0 Å². The first-order chi connectivity index (χ1) is 12.3. The Balaban J connectivity index is 2.32. The van der Waals surface area contributed by atoms with Crippen molar-refractivity contribution in [3.63, 3.8) is 0 Å². The van der Waals surface area contributed by atoms with Crippen LogP contribution in [0.25, 0.3) is 0 Å². The number of rotatable bonds is 8. The van der Waals surface area contributed by atoms with Crippen LogP contribution in [0.15, 0.2) is 24.7 Å². The van der Waals surface area contributed by atoms with Crippen LogP contribution in [0.3, 0.4) is 0 Å². The molecular weight excluding hydrogens is 341 g/mol. The summed E-state index contributed by atoms with van der Waals surface area (Å²) in [5.41, 5.74) is 10.8. The van der Waals surface area contributed by atoms with Crippen molar-refractivity contribution in [1.82, 2.24) is 15.0 Å². The van der Waals surface area contributed by atoms with Gasteiger partial charge in [0.1, 0.15) is 17.7 Å². The van der Waals surface area contributed by atoms with Gasteiger partial charge in [0.15, 0.2) is 11.5 Å². The molecule has 0 unspecified atom stereocenters. The summed E-state index contributed by atoms with van der Waals surface area (Å²) in [6, 6.07) is 0.511. The third kappa shape index (κ3) is 5.10. The fourth-order valence-electron chi connectivity index (χ4n) is 2.24. The highest BCUT2D eigenvalue weighted by atomic mass is 19.1. The van der Waals surface area contributed by atoms with Gasteiger partial charge >= 0.3 is 0 Å². The highest BCUT2D eigenvalue weighted by Gasteiger charge is 2.19. The Hall–Kier alpha value is -3.30. The topological polar surface area (TPSA) is 149 Å². The lowest BCUT2D eigenvalue weighted by atomic mass is 10.0. The number of primary amides is 2. The summed E-state index contributed by atoms with van der Waals surface area (Å²) in [5, 5.41) is 5.63. The van der Waals surface area contributed by atoms with E-state index in [-0.39, 0.29) is 28.9 Å². The van der Waals surface area contributed by atoms with E-state index in [4.69, 9.17) is 11.5 Å². The van der Waals surface area contributed by atoms with E-state index in [0.717, 1.165) is 6.20 Å². The van der Waals surface area contributed by atoms with Crippen LogP contribution in [0.2, 0.25) is 0 Å². The lowest BCUT2D eigenvalue weighted by Crippen LogP contribution is -2.37. The number of nitrogens with one attached hydrogen (secondary N) is 2. The molecule has 26 heavy (non-hydrogen) atoms. The number of hydrogen-bond donors (Lipinski definition) is 4. The summed E-state index contributed by atoms with van der Waals surface area (Å²) in [6.45, 7) is 3.90. The molecule has 0 aliphatic rings. The van der Waals surface area contributed by atoms with Gasteiger partial charge in [-0.25, -0.2) is 14.4 Å². The van der Waals surface area contributed by atoms with E-state index >= 15 is 0 Å². The third-order valence-corrected chi connectivity index (χ3v) is 3.35. The summed E-state index contributed by atoms with van der Waals surface area (Å²) in [5.74, 6) is -1.49. The monoisotopic (exact) mass is 361 g/mol. The Labute approximate surface area is 149 Å².